The number of carbonyl (C=O) groups excluding carboxylic acids is 3. The Labute approximate surface area is 257 Å². The highest BCUT2D eigenvalue weighted by atomic mass is 16.5. The summed E-state index contributed by atoms with van der Waals surface area (Å²) in [5.74, 6) is -1.06. The van der Waals surface area contributed by atoms with Crippen molar-refractivity contribution < 1.29 is 19.1 Å². The van der Waals surface area contributed by atoms with Crippen LogP contribution in [0, 0.1) is 5.92 Å². The van der Waals surface area contributed by atoms with Gasteiger partial charge in [-0.05, 0) is 66.4 Å². The van der Waals surface area contributed by atoms with Crippen LogP contribution in [0.1, 0.15) is 57.7 Å². The summed E-state index contributed by atoms with van der Waals surface area (Å²) in [5.41, 5.74) is 5.01. The maximum atomic E-state index is 15.0. The molecule has 44 heavy (non-hydrogen) atoms. The Kier molecular flexibility index (Phi) is 6.73. The summed E-state index contributed by atoms with van der Waals surface area (Å²) in [5, 5.41) is 3.10. The molecule has 0 aliphatic carbocycles. The Balaban J connectivity index is 1.50. The normalized spacial score (nSPS) is 23.0. The molecule has 1 saturated heterocycles. The van der Waals surface area contributed by atoms with Gasteiger partial charge in [-0.2, -0.15) is 0 Å². The second-order valence-electron chi connectivity index (χ2n) is 11.9. The van der Waals surface area contributed by atoms with Gasteiger partial charge in [-0.25, -0.2) is 0 Å². The van der Waals surface area contributed by atoms with E-state index in [9.17, 15) is 9.59 Å². The maximum absolute atomic E-state index is 15.0. The molecule has 220 valence electrons. The van der Waals surface area contributed by atoms with E-state index in [1.165, 1.54) is 0 Å². The molecule has 1 fully saturated rings. The van der Waals surface area contributed by atoms with Gasteiger partial charge in [-0.3, -0.25) is 14.4 Å². The molecule has 6 heteroatoms. The van der Waals surface area contributed by atoms with Crippen molar-refractivity contribution in [3.63, 3.8) is 0 Å². The zero-order valence-corrected chi connectivity index (χ0v) is 25.0. The van der Waals surface area contributed by atoms with Crippen molar-refractivity contribution in [3.8, 4) is 5.75 Å². The number of carbonyl (C=O) groups is 3. The number of nitrogens with zero attached hydrogens (tertiary/aromatic N) is 1. The second-order valence-corrected chi connectivity index (χ2v) is 11.9. The predicted molar refractivity (Wildman–Crippen MR) is 172 cm³/mol. The third-order valence-corrected chi connectivity index (χ3v) is 9.59. The van der Waals surface area contributed by atoms with Crippen LogP contribution in [0.2, 0.25) is 0 Å². The van der Waals surface area contributed by atoms with Gasteiger partial charge < -0.3 is 15.0 Å². The van der Waals surface area contributed by atoms with E-state index in [0.717, 1.165) is 40.8 Å². The molecule has 1 amide bonds. The Bertz CT molecular complexity index is 1820. The first-order valence-corrected chi connectivity index (χ1v) is 15.2. The molecule has 4 atom stereocenters. The number of allylic oxidation sites excluding steroid dienone is 1. The third-order valence-electron chi connectivity index (χ3n) is 9.59. The lowest BCUT2D eigenvalue weighted by Crippen LogP contribution is -2.51. The van der Waals surface area contributed by atoms with E-state index in [0.29, 0.717) is 22.6 Å². The SMILES string of the molecule is CCCc1ccc(C(=O)[C@@H]2[C@H](C(=O)c3ccc(OC)cc3)N3c4ccccc4C(C)=C[C@@H]3[C@]23C(=O)Nc2ccccc23)cc1. The van der Waals surface area contributed by atoms with E-state index in [2.05, 4.69) is 18.3 Å². The number of hydrogen-bond donors (Lipinski definition) is 1. The molecule has 0 radical (unpaired) electrons. The van der Waals surface area contributed by atoms with Gasteiger partial charge in [0.1, 0.15) is 17.2 Å². The van der Waals surface area contributed by atoms with Gasteiger partial charge in [0.25, 0.3) is 0 Å². The van der Waals surface area contributed by atoms with Gasteiger partial charge in [0.15, 0.2) is 11.6 Å². The lowest BCUT2D eigenvalue weighted by molar-refractivity contribution is -0.121. The Morgan fingerprint density at radius 1 is 0.864 bits per heavy atom. The first kappa shape index (κ1) is 27.8. The first-order valence-electron chi connectivity index (χ1n) is 15.2. The standard InChI is InChI=1S/C38H34N2O4/c1-4-9-24-14-16-25(17-15-24)35(41)33-34(36(42)26-18-20-27(44-3)21-19-26)40-31-13-8-5-10-28(31)23(2)22-32(40)38(33)29-11-6-7-12-30(29)39-37(38)43/h5-8,10-22,32-34H,4,9H2,1-3H3,(H,39,43)/t32-,33+,34-,38+/m1/s1. The summed E-state index contributed by atoms with van der Waals surface area (Å²) >= 11 is 0. The molecule has 3 aliphatic rings. The second kappa shape index (κ2) is 10.6. The molecule has 0 saturated carbocycles. The molecule has 7 rings (SSSR count). The van der Waals surface area contributed by atoms with Crippen molar-refractivity contribution in [2.75, 3.05) is 17.3 Å². The largest absolute Gasteiger partial charge is 0.497 e. The number of fused-ring (bicyclic) bond motifs is 6. The van der Waals surface area contributed by atoms with Gasteiger partial charge >= 0.3 is 0 Å². The highest BCUT2D eigenvalue weighted by Crippen LogP contribution is 2.58. The van der Waals surface area contributed by atoms with Crippen molar-refractivity contribution in [2.45, 2.75) is 44.2 Å². The molecule has 4 aromatic carbocycles. The summed E-state index contributed by atoms with van der Waals surface area (Å²) in [6.07, 6.45) is 3.99. The molecule has 6 nitrogen and oxygen atoms in total. The zero-order chi connectivity index (χ0) is 30.6. The van der Waals surface area contributed by atoms with Crippen LogP contribution in [0.25, 0.3) is 5.57 Å². The molecule has 0 unspecified atom stereocenters. The van der Waals surface area contributed by atoms with Crippen LogP contribution in [-0.4, -0.2) is 36.7 Å². The fraction of sp³-hybridized carbons (Fsp3) is 0.237. The van der Waals surface area contributed by atoms with Gasteiger partial charge in [0.05, 0.1) is 19.1 Å². The van der Waals surface area contributed by atoms with E-state index >= 15 is 4.79 Å². The smallest absolute Gasteiger partial charge is 0.238 e. The summed E-state index contributed by atoms with van der Waals surface area (Å²) in [6.45, 7) is 4.15. The number of para-hydroxylation sites is 2. The topological polar surface area (TPSA) is 75.7 Å². The van der Waals surface area contributed by atoms with Gasteiger partial charge in [0.2, 0.25) is 5.91 Å². The van der Waals surface area contributed by atoms with Crippen molar-refractivity contribution in [1.82, 2.24) is 0 Å². The van der Waals surface area contributed by atoms with E-state index in [1.807, 2.05) is 84.6 Å². The molecule has 4 aromatic rings. The van der Waals surface area contributed by atoms with Gasteiger partial charge in [-0.15, -0.1) is 0 Å². The van der Waals surface area contributed by atoms with Crippen molar-refractivity contribution >= 4 is 34.4 Å². The minimum Gasteiger partial charge on any atom is -0.497 e. The Morgan fingerprint density at radius 3 is 2.25 bits per heavy atom. The summed E-state index contributed by atoms with van der Waals surface area (Å²) in [6, 6.07) is 28.7. The number of methoxy groups -OCH3 is 1. The van der Waals surface area contributed by atoms with Crippen molar-refractivity contribution in [1.29, 1.82) is 0 Å². The molecule has 0 aromatic heterocycles. The Morgan fingerprint density at radius 2 is 1.52 bits per heavy atom. The molecule has 1 spiro atoms. The molecule has 0 bridgehead atoms. The number of rotatable bonds is 7. The van der Waals surface area contributed by atoms with Crippen LogP contribution >= 0.6 is 0 Å². The number of Topliss-reactive ketones (excluding diaryl/α,β-unsaturated/α-hetero) is 2. The molecular formula is C38H34N2O4. The highest BCUT2D eigenvalue weighted by Gasteiger charge is 2.70. The van der Waals surface area contributed by atoms with E-state index in [1.54, 1.807) is 31.4 Å². The molecule has 3 heterocycles. The summed E-state index contributed by atoms with van der Waals surface area (Å²) in [4.78, 5) is 46.5. The number of aryl methyl sites for hydroxylation is 1. The number of ketones is 2. The highest BCUT2D eigenvalue weighted by molar-refractivity contribution is 6.18. The van der Waals surface area contributed by atoms with Gasteiger partial charge in [0, 0.05) is 28.1 Å². The van der Waals surface area contributed by atoms with Crippen LogP contribution in [0.15, 0.2) is 103 Å². The lowest BCUT2D eigenvalue weighted by Gasteiger charge is -2.39. The Hall–Kier alpha value is -4.97. The number of ether oxygens (including phenoxy) is 1. The zero-order valence-electron chi connectivity index (χ0n) is 25.0. The van der Waals surface area contributed by atoms with Crippen LogP contribution in [0.3, 0.4) is 0 Å². The monoisotopic (exact) mass is 582 g/mol. The van der Waals surface area contributed by atoms with Crippen molar-refractivity contribution in [3.05, 3.63) is 131 Å². The van der Waals surface area contributed by atoms with Gasteiger partial charge in [-0.1, -0.05) is 80.1 Å². The van der Waals surface area contributed by atoms with Crippen LogP contribution < -0.4 is 15.0 Å². The molecule has 1 N–H and O–H groups in total. The number of nitrogens with one attached hydrogen (secondary N) is 1. The third kappa shape index (κ3) is 3.97. The first-order chi connectivity index (χ1) is 21.4. The predicted octanol–water partition coefficient (Wildman–Crippen LogP) is 6.89. The van der Waals surface area contributed by atoms with E-state index in [-0.39, 0.29) is 17.5 Å². The van der Waals surface area contributed by atoms with Crippen LogP contribution in [0.4, 0.5) is 11.4 Å². The quantitative estimate of drug-likeness (QED) is 0.240. The average molecular weight is 583 g/mol. The average Bonchev–Trinajstić information content (AvgIpc) is 3.53. The van der Waals surface area contributed by atoms with E-state index in [4.69, 9.17) is 4.74 Å². The van der Waals surface area contributed by atoms with Crippen LogP contribution in [0.5, 0.6) is 5.75 Å². The number of hydrogen-bond acceptors (Lipinski definition) is 5. The summed E-state index contributed by atoms with van der Waals surface area (Å²) < 4.78 is 5.36. The minimum absolute atomic E-state index is 0.213. The maximum Gasteiger partial charge on any atom is 0.238 e. The lowest BCUT2D eigenvalue weighted by atomic mass is 9.64. The minimum atomic E-state index is -1.34. The molecule has 3 aliphatic heterocycles. The number of anilines is 2. The number of benzene rings is 4. The number of amides is 1. The molecular weight excluding hydrogens is 548 g/mol. The summed E-state index contributed by atoms with van der Waals surface area (Å²) in [7, 11) is 1.58. The van der Waals surface area contributed by atoms with Crippen LogP contribution in [-0.2, 0) is 16.6 Å². The van der Waals surface area contributed by atoms with Crippen molar-refractivity contribution in [2.24, 2.45) is 5.92 Å². The fourth-order valence-corrected chi connectivity index (χ4v) is 7.62. The fourth-order valence-electron chi connectivity index (χ4n) is 7.62. The van der Waals surface area contributed by atoms with E-state index < -0.39 is 23.4 Å².